The summed E-state index contributed by atoms with van der Waals surface area (Å²) in [6.07, 6.45) is 0.613. The van der Waals surface area contributed by atoms with Crippen molar-refractivity contribution < 1.29 is 9.59 Å². The lowest BCUT2D eigenvalue weighted by Gasteiger charge is -2.32. The van der Waals surface area contributed by atoms with Crippen molar-refractivity contribution in [2.75, 3.05) is 6.54 Å². The van der Waals surface area contributed by atoms with Gasteiger partial charge in [-0.15, -0.1) is 0 Å². The van der Waals surface area contributed by atoms with Gasteiger partial charge in [-0.25, -0.2) is 0 Å². The molecule has 3 rings (SSSR count). The Morgan fingerprint density at radius 3 is 2.23 bits per heavy atom. The molecule has 0 bridgehead atoms. The fourth-order valence-corrected chi connectivity index (χ4v) is 4.20. The molecule has 0 aliphatic carbocycles. The summed E-state index contributed by atoms with van der Waals surface area (Å²) in [4.78, 5) is 28.9. The van der Waals surface area contributed by atoms with Crippen LogP contribution in [-0.2, 0) is 29.0 Å². The van der Waals surface area contributed by atoms with Gasteiger partial charge in [0.2, 0.25) is 11.8 Å². The number of benzene rings is 3. The van der Waals surface area contributed by atoms with Crippen molar-refractivity contribution in [2.45, 2.75) is 46.2 Å². The molecule has 0 aliphatic rings. The van der Waals surface area contributed by atoms with E-state index in [-0.39, 0.29) is 24.8 Å². The average Bonchev–Trinajstić information content (AvgIpc) is 2.84. The van der Waals surface area contributed by atoms with E-state index >= 15 is 0 Å². The van der Waals surface area contributed by atoms with Crippen LogP contribution >= 0.6 is 23.2 Å². The van der Waals surface area contributed by atoms with Crippen LogP contribution in [0, 0.1) is 12.8 Å². The highest BCUT2D eigenvalue weighted by Crippen LogP contribution is 2.25. The van der Waals surface area contributed by atoms with Crippen LogP contribution in [0.2, 0.25) is 10.0 Å². The van der Waals surface area contributed by atoms with Crippen molar-refractivity contribution in [3.05, 3.63) is 105 Å². The summed E-state index contributed by atoms with van der Waals surface area (Å²) in [6.45, 7) is 6.86. The molecule has 184 valence electrons. The largest absolute Gasteiger partial charge is 0.354 e. The van der Waals surface area contributed by atoms with Crippen molar-refractivity contribution in [3.8, 4) is 0 Å². The molecule has 0 radical (unpaired) electrons. The third kappa shape index (κ3) is 7.84. The lowest BCUT2D eigenvalue weighted by atomic mass is 10.00. The number of hydrogen-bond donors (Lipinski definition) is 1. The van der Waals surface area contributed by atoms with Gasteiger partial charge in [0, 0.05) is 19.5 Å². The summed E-state index contributed by atoms with van der Waals surface area (Å²) in [5.74, 6) is 0.00858. The quantitative estimate of drug-likeness (QED) is 0.350. The molecule has 3 aromatic carbocycles. The second-order valence-electron chi connectivity index (χ2n) is 9.22. The number of nitrogens with one attached hydrogen (secondary N) is 1. The number of rotatable bonds is 10. The van der Waals surface area contributed by atoms with Crippen molar-refractivity contribution >= 4 is 35.0 Å². The van der Waals surface area contributed by atoms with Gasteiger partial charge in [0.1, 0.15) is 6.04 Å². The van der Waals surface area contributed by atoms with Crippen molar-refractivity contribution in [3.63, 3.8) is 0 Å². The normalized spacial score (nSPS) is 11.8. The maximum absolute atomic E-state index is 13.8. The molecular formula is C29H32Cl2N2O2. The number of aryl methyl sites for hydroxylation is 1. The van der Waals surface area contributed by atoms with Gasteiger partial charge in [0.15, 0.2) is 0 Å². The van der Waals surface area contributed by atoms with Crippen LogP contribution in [0.15, 0.2) is 72.8 Å². The number of amides is 2. The average molecular weight is 511 g/mol. The van der Waals surface area contributed by atoms with Crippen LogP contribution in [0.1, 0.15) is 36.1 Å². The molecule has 2 amide bonds. The van der Waals surface area contributed by atoms with Gasteiger partial charge in [0.05, 0.1) is 16.5 Å². The smallest absolute Gasteiger partial charge is 0.243 e. The number of carbonyl (C=O) groups excluding carboxylic acids is 2. The highest BCUT2D eigenvalue weighted by molar-refractivity contribution is 6.42. The first-order valence-electron chi connectivity index (χ1n) is 11.8. The van der Waals surface area contributed by atoms with Crippen molar-refractivity contribution in [2.24, 2.45) is 5.92 Å². The van der Waals surface area contributed by atoms with Gasteiger partial charge < -0.3 is 10.2 Å². The topological polar surface area (TPSA) is 49.4 Å². The van der Waals surface area contributed by atoms with E-state index in [0.717, 1.165) is 22.3 Å². The molecule has 1 unspecified atom stereocenters. The Kier molecular flexibility index (Phi) is 9.76. The maximum atomic E-state index is 13.8. The summed E-state index contributed by atoms with van der Waals surface area (Å²) >= 11 is 12.4. The Bertz CT molecular complexity index is 1150. The number of hydrogen-bond acceptors (Lipinski definition) is 2. The third-order valence-corrected chi connectivity index (χ3v) is 6.63. The van der Waals surface area contributed by atoms with Crippen molar-refractivity contribution in [1.82, 2.24) is 10.2 Å². The molecule has 0 aromatic heterocycles. The Morgan fingerprint density at radius 1 is 0.886 bits per heavy atom. The van der Waals surface area contributed by atoms with Gasteiger partial charge in [-0.05, 0) is 47.2 Å². The molecule has 3 aromatic rings. The zero-order valence-corrected chi connectivity index (χ0v) is 21.9. The van der Waals surface area contributed by atoms with E-state index < -0.39 is 6.04 Å². The second-order valence-corrected chi connectivity index (χ2v) is 10.0. The lowest BCUT2D eigenvalue weighted by Crippen LogP contribution is -2.51. The molecule has 0 fully saturated rings. The van der Waals surface area contributed by atoms with E-state index in [1.807, 2.05) is 81.4 Å². The Balaban J connectivity index is 1.98. The second kappa shape index (κ2) is 12.8. The first kappa shape index (κ1) is 26.8. The molecule has 0 spiro atoms. The molecule has 35 heavy (non-hydrogen) atoms. The summed E-state index contributed by atoms with van der Waals surface area (Å²) in [7, 11) is 0. The van der Waals surface area contributed by atoms with Gasteiger partial charge in [0.25, 0.3) is 0 Å². The summed E-state index contributed by atoms with van der Waals surface area (Å²) in [5, 5.41) is 3.90. The lowest BCUT2D eigenvalue weighted by molar-refractivity contribution is -0.140. The third-order valence-electron chi connectivity index (χ3n) is 5.90. The van der Waals surface area contributed by atoms with Crippen LogP contribution < -0.4 is 5.32 Å². The van der Waals surface area contributed by atoms with E-state index in [2.05, 4.69) is 5.32 Å². The first-order chi connectivity index (χ1) is 16.7. The van der Waals surface area contributed by atoms with Crippen LogP contribution in [0.3, 0.4) is 0 Å². The zero-order chi connectivity index (χ0) is 25.4. The van der Waals surface area contributed by atoms with Gasteiger partial charge in [-0.3, -0.25) is 9.59 Å². The monoisotopic (exact) mass is 510 g/mol. The highest BCUT2D eigenvalue weighted by atomic mass is 35.5. The van der Waals surface area contributed by atoms with Crippen LogP contribution in [0.25, 0.3) is 0 Å². The van der Waals surface area contributed by atoms with E-state index in [4.69, 9.17) is 23.2 Å². The standard InChI is InChI=1S/C29H32Cl2N2O2/c1-20(2)18-32-29(35)27(16-22-10-5-4-6-11-22)33(19-23-13-14-25(30)26(31)15-23)28(34)17-24-12-8-7-9-21(24)3/h4-15,20,27H,16-19H2,1-3H3,(H,32,35). The molecule has 4 nitrogen and oxygen atoms in total. The number of nitrogens with zero attached hydrogens (tertiary/aromatic N) is 1. The van der Waals surface area contributed by atoms with Crippen LogP contribution in [0.5, 0.6) is 0 Å². The van der Waals surface area contributed by atoms with E-state index in [0.29, 0.717) is 28.9 Å². The zero-order valence-electron chi connectivity index (χ0n) is 20.4. The predicted octanol–water partition coefficient (Wildman–Crippen LogP) is 6.26. The summed E-state index contributed by atoms with van der Waals surface area (Å²) in [6, 6.07) is 22.2. The van der Waals surface area contributed by atoms with Gasteiger partial charge in [-0.1, -0.05) is 97.7 Å². The highest BCUT2D eigenvalue weighted by Gasteiger charge is 2.30. The molecule has 0 aliphatic heterocycles. The van der Waals surface area contributed by atoms with Crippen molar-refractivity contribution in [1.29, 1.82) is 0 Å². The molecule has 6 heteroatoms. The number of halogens is 2. The molecular weight excluding hydrogens is 479 g/mol. The Morgan fingerprint density at radius 2 is 1.57 bits per heavy atom. The fourth-order valence-electron chi connectivity index (χ4n) is 3.88. The molecule has 0 saturated heterocycles. The summed E-state index contributed by atoms with van der Waals surface area (Å²) < 4.78 is 0. The van der Waals surface area contributed by atoms with E-state index in [1.54, 1.807) is 17.0 Å². The Hall–Kier alpha value is -2.82. The minimum Gasteiger partial charge on any atom is -0.354 e. The Labute approximate surface area is 218 Å². The molecule has 0 saturated carbocycles. The number of carbonyl (C=O) groups is 2. The van der Waals surface area contributed by atoms with E-state index in [9.17, 15) is 9.59 Å². The van der Waals surface area contributed by atoms with E-state index in [1.165, 1.54) is 0 Å². The molecule has 1 atom stereocenters. The molecule has 0 heterocycles. The summed E-state index contributed by atoms with van der Waals surface area (Å²) in [5.41, 5.74) is 3.78. The first-order valence-corrected chi connectivity index (χ1v) is 12.6. The van der Waals surface area contributed by atoms with Gasteiger partial charge in [-0.2, -0.15) is 0 Å². The predicted molar refractivity (Wildman–Crippen MR) is 144 cm³/mol. The minimum atomic E-state index is -0.679. The maximum Gasteiger partial charge on any atom is 0.243 e. The van der Waals surface area contributed by atoms with Crippen LogP contribution in [0.4, 0.5) is 0 Å². The minimum absolute atomic E-state index is 0.119. The fraction of sp³-hybridized carbons (Fsp3) is 0.310. The van der Waals surface area contributed by atoms with Crippen LogP contribution in [-0.4, -0.2) is 29.3 Å². The SMILES string of the molecule is Cc1ccccc1CC(=O)N(Cc1ccc(Cl)c(Cl)c1)C(Cc1ccccc1)C(=O)NCC(C)C. The van der Waals surface area contributed by atoms with Gasteiger partial charge >= 0.3 is 0 Å². The molecule has 1 N–H and O–H groups in total.